The van der Waals surface area contributed by atoms with Crippen LogP contribution in [0, 0.1) is 18.8 Å². The second kappa shape index (κ2) is 5.11. The van der Waals surface area contributed by atoms with E-state index in [1.54, 1.807) is 0 Å². The number of rotatable bonds is 2. The summed E-state index contributed by atoms with van der Waals surface area (Å²) in [6.07, 6.45) is 4.75. The van der Waals surface area contributed by atoms with Crippen molar-refractivity contribution in [3.63, 3.8) is 0 Å². The van der Waals surface area contributed by atoms with Crippen LogP contribution in [0.4, 0.5) is 4.79 Å². The van der Waals surface area contributed by atoms with Crippen molar-refractivity contribution in [3.05, 3.63) is 47.7 Å². The summed E-state index contributed by atoms with van der Waals surface area (Å²) in [5, 5.41) is 4.26. The second-order valence-corrected chi connectivity index (χ2v) is 7.22. The molecule has 0 aliphatic carbocycles. The Hall–Kier alpha value is -2.27. The van der Waals surface area contributed by atoms with Gasteiger partial charge in [-0.05, 0) is 36.1 Å². The molecule has 5 nitrogen and oxygen atoms in total. The number of benzene rings is 1. The van der Waals surface area contributed by atoms with Crippen molar-refractivity contribution in [2.75, 3.05) is 13.1 Å². The van der Waals surface area contributed by atoms with E-state index in [2.05, 4.69) is 53.6 Å². The van der Waals surface area contributed by atoms with Crippen molar-refractivity contribution in [2.45, 2.75) is 25.7 Å². The predicted octanol–water partition coefficient (Wildman–Crippen LogP) is 2.57. The maximum Gasteiger partial charge on any atom is 0.317 e. The highest BCUT2D eigenvalue weighted by atomic mass is 16.5. The van der Waals surface area contributed by atoms with Gasteiger partial charge in [0.15, 0.2) is 0 Å². The van der Waals surface area contributed by atoms with E-state index in [4.69, 9.17) is 4.74 Å². The first-order valence-corrected chi connectivity index (χ1v) is 8.62. The van der Waals surface area contributed by atoms with Crippen LogP contribution in [-0.2, 0) is 11.3 Å². The second-order valence-electron chi connectivity index (χ2n) is 7.22. The molecule has 124 valence electrons. The van der Waals surface area contributed by atoms with Gasteiger partial charge in [-0.3, -0.25) is 0 Å². The summed E-state index contributed by atoms with van der Waals surface area (Å²) in [7, 11) is 0. The lowest BCUT2D eigenvalue weighted by Gasteiger charge is -2.19. The van der Waals surface area contributed by atoms with Crippen molar-refractivity contribution in [3.8, 4) is 0 Å². The molecule has 1 aromatic carbocycles. The number of H-pyrrole nitrogens is 1. The average Bonchev–Trinajstić information content (AvgIpc) is 3.30. The predicted molar refractivity (Wildman–Crippen MR) is 91.6 cm³/mol. The van der Waals surface area contributed by atoms with Crippen molar-refractivity contribution in [1.82, 2.24) is 15.2 Å². The van der Waals surface area contributed by atoms with Gasteiger partial charge in [-0.1, -0.05) is 18.2 Å². The third-order valence-corrected chi connectivity index (χ3v) is 5.61. The first kappa shape index (κ1) is 14.1. The van der Waals surface area contributed by atoms with E-state index in [1.807, 2.05) is 4.90 Å². The lowest BCUT2D eigenvalue weighted by Crippen LogP contribution is -2.39. The Labute approximate surface area is 140 Å². The summed E-state index contributed by atoms with van der Waals surface area (Å²) in [5.74, 6) is 0.954. The molecule has 1 aromatic heterocycles. The number of hydrogen-bond acceptors (Lipinski definition) is 2. The number of nitrogens with zero attached hydrogens (tertiary/aromatic N) is 1. The Morgan fingerprint density at radius 1 is 1.25 bits per heavy atom. The van der Waals surface area contributed by atoms with Gasteiger partial charge in [0.25, 0.3) is 0 Å². The number of aromatic nitrogens is 1. The molecule has 4 heterocycles. The van der Waals surface area contributed by atoms with Crippen LogP contribution >= 0.6 is 0 Å². The van der Waals surface area contributed by atoms with Crippen LogP contribution < -0.4 is 5.32 Å². The Balaban J connectivity index is 1.23. The third kappa shape index (κ3) is 2.15. The molecule has 2 amide bonds. The Morgan fingerprint density at radius 3 is 2.75 bits per heavy atom. The number of nitrogens with one attached hydrogen (secondary N) is 2. The molecule has 24 heavy (non-hydrogen) atoms. The summed E-state index contributed by atoms with van der Waals surface area (Å²) in [6, 6.07) is 8.44. The van der Waals surface area contributed by atoms with Crippen LogP contribution in [0.1, 0.15) is 11.3 Å². The van der Waals surface area contributed by atoms with Gasteiger partial charge in [-0.15, -0.1) is 0 Å². The Morgan fingerprint density at radius 2 is 2.00 bits per heavy atom. The molecule has 0 radical (unpaired) electrons. The zero-order valence-electron chi connectivity index (χ0n) is 13.7. The van der Waals surface area contributed by atoms with Crippen molar-refractivity contribution >= 4 is 16.9 Å². The molecule has 0 saturated carbocycles. The van der Waals surface area contributed by atoms with Crippen LogP contribution in [0.15, 0.2) is 36.4 Å². The standard InChI is InChI=1S/C19H21N3O2/c1-11-6-13-7-12(2-3-16(13)21-11)8-20-19(23)22-9-14-15(10-22)18-5-4-17(14)24-18/h2-7,14-15,17-18,21H,8-10H2,1H3,(H,20,23). The van der Waals surface area contributed by atoms with Crippen LogP contribution in [0.2, 0.25) is 0 Å². The number of carbonyl (C=O) groups is 1. The number of aromatic amines is 1. The van der Waals surface area contributed by atoms with Gasteiger partial charge in [-0.25, -0.2) is 4.79 Å². The number of aryl methyl sites for hydroxylation is 1. The van der Waals surface area contributed by atoms with E-state index in [1.165, 1.54) is 5.39 Å². The number of hydrogen-bond donors (Lipinski definition) is 2. The number of carbonyl (C=O) groups excluding carboxylic acids is 1. The maximum absolute atomic E-state index is 12.5. The Kier molecular flexibility index (Phi) is 3.00. The molecule has 3 aliphatic heterocycles. The van der Waals surface area contributed by atoms with Crippen LogP contribution in [0.3, 0.4) is 0 Å². The quantitative estimate of drug-likeness (QED) is 0.835. The lowest BCUT2D eigenvalue weighted by atomic mass is 9.86. The number of urea groups is 1. The van der Waals surface area contributed by atoms with E-state index >= 15 is 0 Å². The largest absolute Gasteiger partial charge is 0.366 e. The maximum atomic E-state index is 12.5. The van der Waals surface area contributed by atoms with Gasteiger partial charge in [0.2, 0.25) is 0 Å². The zero-order valence-corrected chi connectivity index (χ0v) is 13.7. The molecule has 2 N–H and O–H groups in total. The molecule has 4 unspecified atom stereocenters. The van der Waals surface area contributed by atoms with E-state index in [9.17, 15) is 4.79 Å². The minimum Gasteiger partial charge on any atom is -0.366 e. The number of ether oxygens (including phenoxy) is 1. The molecule has 5 rings (SSSR count). The first-order chi connectivity index (χ1) is 11.7. The highest BCUT2D eigenvalue weighted by Gasteiger charge is 2.51. The highest BCUT2D eigenvalue weighted by Crippen LogP contribution is 2.43. The summed E-state index contributed by atoms with van der Waals surface area (Å²) in [5.41, 5.74) is 3.41. The van der Waals surface area contributed by atoms with Gasteiger partial charge in [0.05, 0.1) is 12.2 Å². The van der Waals surface area contributed by atoms with Gasteiger partial charge in [-0.2, -0.15) is 0 Å². The van der Waals surface area contributed by atoms with Crippen LogP contribution in [0.25, 0.3) is 10.9 Å². The number of likely N-dealkylation sites (tertiary alicyclic amines) is 1. The molecule has 4 atom stereocenters. The normalized spacial score (nSPS) is 30.3. The first-order valence-electron chi connectivity index (χ1n) is 8.62. The molecule has 3 aliphatic rings. The van der Waals surface area contributed by atoms with Crippen molar-refractivity contribution in [2.24, 2.45) is 11.8 Å². The van der Waals surface area contributed by atoms with E-state index < -0.39 is 0 Å². The third-order valence-electron chi connectivity index (χ3n) is 5.61. The summed E-state index contributed by atoms with van der Waals surface area (Å²) >= 11 is 0. The smallest absolute Gasteiger partial charge is 0.317 e. The van der Waals surface area contributed by atoms with Gasteiger partial charge < -0.3 is 19.9 Å². The molecule has 2 saturated heterocycles. The average molecular weight is 323 g/mol. The van der Waals surface area contributed by atoms with E-state index in [0.717, 1.165) is 29.9 Å². The van der Waals surface area contributed by atoms with Crippen LogP contribution in [-0.4, -0.2) is 41.2 Å². The summed E-state index contributed by atoms with van der Waals surface area (Å²) < 4.78 is 5.87. The molecule has 2 fully saturated rings. The van der Waals surface area contributed by atoms with Gasteiger partial charge in [0, 0.05) is 42.7 Å². The highest BCUT2D eigenvalue weighted by molar-refractivity contribution is 5.81. The van der Waals surface area contributed by atoms with E-state index in [-0.39, 0.29) is 18.2 Å². The molecule has 0 spiro atoms. The molecular formula is C19H21N3O2. The molecule has 5 heteroatoms. The molecule has 2 aromatic rings. The lowest BCUT2D eigenvalue weighted by molar-refractivity contribution is 0.0882. The SMILES string of the molecule is Cc1cc2cc(CNC(=O)N3CC4C5C=CC(O5)C4C3)ccc2[nH]1. The molecular weight excluding hydrogens is 302 g/mol. The van der Waals surface area contributed by atoms with Crippen molar-refractivity contribution in [1.29, 1.82) is 0 Å². The monoisotopic (exact) mass is 323 g/mol. The van der Waals surface area contributed by atoms with Crippen molar-refractivity contribution < 1.29 is 9.53 Å². The zero-order chi connectivity index (χ0) is 16.3. The number of fused-ring (bicyclic) bond motifs is 6. The fourth-order valence-electron chi connectivity index (χ4n) is 4.42. The van der Waals surface area contributed by atoms with Gasteiger partial charge in [0.1, 0.15) is 0 Å². The van der Waals surface area contributed by atoms with Gasteiger partial charge >= 0.3 is 6.03 Å². The van der Waals surface area contributed by atoms with Crippen LogP contribution in [0.5, 0.6) is 0 Å². The molecule has 2 bridgehead atoms. The Bertz CT molecular complexity index is 820. The fraction of sp³-hybridized carbons (Fsp3) is 0.421. The number of amides is 2. The fourth-order valence-corrected chi connectivity index (χ4v) is 4.42. The minimum absolute atomic E-state index is 0.0362. The summed E-state index contributed by atoms with van der Waals surface area (Å²) in [4.78, 5) is 17.8. The topological polar surface area (TPSA) is 57.4 Å². The minimum atomic E-state index is 0.0362. The van der Waals surface area contributed by atoms with E-state index in [0.29, 0.717) is 18.4 Å². The summed E-state index contributed by atoms with van der Waals surface area (Å²) in [6.45, 7) is 4.22.